The Labute approximate surface area is 61.0 Å². The Morgan fingerprint density at radius 1 is 1.45 bits per heavy atom. The lowest BCUT2D eigenvalue weighted by Crippen LogP contribution is -2.34. The number of carboxylic acid groups (broad SMARTS) is 2. The first-order chi connectivity index (χ1) is 5.07. The molecular formula is C4H6N2O5. The van der Waals surface area contributed by atoms with Crippen LogP contribution in [0.15, 0.2) is 5.29 Å². The molecule has 0 aromatic heterocycles. The molecule has 0 rings (SSSR count). The number of carbonyl (C=O) groups is 2. The largest absolute Gasteiger partial charge is 0.481 e. The molecule has 0 aromatic rings. The number of nitrogens with one attached hydrogen (secondary N) is 1. The molecule has 3 N–H and O–H groups in total. The summed E-state index contributed by atoms with van der Waals surface area (Å²) in [7, 11) is 0. The van der Waals surface area contributed by atoms with Crippen molar-refractivity contribution in [1.82, 2.24) is 5.43 Å². The van der Waals surface area contributed by atoms with Gasteiger partial charge in [0, 0.05) is 0 Å². The van der Waals surface area contributed by atoms with E-state index in [1.54, 1.807) is 5.43 Å². The number of aliphatic carboxylic acids is 2. The molecule has 0 unspecified atom stereocenters. The zero-order valence-corrected chi connectivity index (χ0v) is 5.35. The summed E-state index contributed by atoms with van der Waals surface area (Å²) in [5.41, 5.74) is 1.60. The highest BCUT2D eigenvalue weighted by Gasteiger charge is 2.20. The molecule has 0 bridgehead atoms. The van der Waals surface area contributed by atoms with Gasteiger partial charge >= 0.3 is 11.9 Å². The molecule has 0 radical (unpaired) electrons. The summed E-state index contributed by atoms with van der Waals surface area (Å²) in [5.74, 6) is -2.74. The van der Waals surface area contributed by atoms with Crippen molar-refractivity contribution in [3.63, 3.8) is 0 Å². The van der Waals surface area contributed by atoms with Crippen LogP contribution < -0.4 is 5.43 Å². The molecule has 0 saturated heterocycles. The van der Waals surface area contributed by atoms with Gasteiger partial charge in [-0.05, 0) is 0 Å². The minimum atomic E-state index is -1.45. The highest BCUT2D eigenvalue weighted by molar-refractivity contribution is 5.80. The Morgan fingerprint density at radius 3 is 2.27 bits per heavy atom. The second-order valence-corrected chi connectivity index (χ2v) is 1.71. The summed E-state index contributed by atoms with van der Waals surface area (Å²) in [5, 5.41) is 18.4. The maximum Gasteiger partial charge on any atom is 0.328 e. The van der Waals surface area contributed by atoms with Gasteiger partial charge in [0.05, 0.1) is 11.7 Å². The maximum atomic E-state index is 10.1. The van der Waals surface area contributed by atoms with E-state index in [0.29, 0.717) is 0 Å². The molecule has 62 valence electrons. The van der Waals surface area contributed by atoms with Crippen molar-refractivity contribution in [3.8, 4) is 0 Å². The van der Waals surface area contributed by atoms with E-state index in [-0.39, 0.29) is 0 Å². The molecule has 0 aliphatic rings. The fourth-order valence-electron chi connectivity index (χ4n) is 0.426. The van der Waals surface area contributed by atoms with Gasteiger partial charge in [0.2, 0.25) is 0 Å². The standard InChI is InChI=1S/C4H6N2O5/c7-3(8)1-2(4(9)10)5-6-11/h2H,1H2,(H,5,11)(H,7,8)(H,9,10)/t2-/m0/s1. The van der Waals surface area contributed by atoms with E-state index >= 15 is 0 Å². The van der Waals surface area contributed by atoms with Crippen LogP contribution in [0.2, 0.25) is 0 Å². The molecule has 0 amide bonds. The first-order valence-corrected chi connectivity index (χ1v) is 2.60. The number of carboxylic acids is 2. The average Bonchev–Trinajstić information content (AvgIpc) is 1.86. The summed E-state index contributed by atoms with van der Waals surface area (Å²) in [6.07, 6.45) is -0.679. The van der Waals surface area contributed by atoms with Crippen molar-refractivity contribution < 1.29 is 19.8 Å². The lowest BCUT2D eigenvalue weighted by Gasteiger charge is -2.04. The third-order valence-corrected chi connectivity index (χ3v) is 0.885. The van der Waals surface area contributed by atoms with Crippen LogP contribution in [0.1, 0.15) is 6.42 Å². The summed E-state index contributed by atoms with van der Waals surface area (Å²) < 4.78 is 0. The van der Waals surface area contributed by atoms with Gasteiger partial charge < -0.3 is 10.2 Å². The third-order valence-electron chi connectivity index (χ3n) is 0.885. The predicted octanol–water partition coefficient (Wildman–Crippen LogP) is -0.815. The second-order valence-electron chi connectivity index (χ2n) is 1.71. The fourth-order valence-corrected chi connectivity index (χ4v) is 0.426. The van der Waals surface area contributed by atoms with Crippen LogP contribution in [0.3, 0.4) is 0 Å². The summed E-state index contributed by atoms with van der Waals surface area (Å²) in [6.45, 7) is 0. The molecule has 0 fully saturated rings. The molecule has 0 spiro atoms. The van der Waals surface area contributed by atoms with Crippen LogP contribution >= 0.6 is 0 Å². The van der Waals surface area contributed by atoms with Crippen molar-refractivity contribution >= 4 is 11.9 Å². The van der Waals surface area contributed by atoms with Crippen molar-refractivity contribution in [3.05, 3.63) is 4.91 Å². The van der Waals surface area contributed by atoms with E-state index in [4.69, 9.17) is 10.2 Å². The van der Waals surface area contributed by atoms with Crippen molar-refractivity contribution in [1.29, 1.82) is 0 Å². The first kappa shape index (κ1) is 9.34. The van der Waals surface area contributed by atoms with Crippen LogP contribution in [0.4, 0.5) is 0 Å². The van der Waals surface area contributed by atoms with Gasteiger partial charge in [-0.2, -0.15) is 0 Å². The molecule has 1 atom stereocenters. The minimum Gasteiger partial charge on any atom is -0.481 e. The molecule has 0 aliphatic carbocycles. The zero-order valence-electron chi connectivity index (χ0n) is 5.35. The second kappa shape index (κ2) is 4.20. The number of hydrogen-bond acceptors (Lipinski definition) is 4. The molecule has 7 heteroatoms. The lowest BCUT2D eigenvalue weighted by molar-refractivity contribution is -0.145. The Bertz CT molecular complexity index is 179. The van der Waals surface area contributed by atoms with E-state index in [9.17, 15) is 14.5 Å². The molecule has 0 saturated carbocycles. The molecule has 7 nitrogen and oxygen atoms in total. The quantitative estimate of drug-likeness (QED) is 0.359. The number of rotatable bonds is 5. The number of nitroso groups, excluding NO2 is 1. The van der Waals surface area contributed by atoms with Gasteiger partial charge in [0.15, 0.2) is 6.04 Å². The van der Waals surface area contributed by atoms with Gasteiger partial charge in [0.25, 0.3) is 0 Å². The van der Waals surface area contributed by atoms with Gasteiger partial charge in [-0.25, -0.2) is 4.79 Å². The predicted molar refractivity (Wildman–Crippen MR) is 32.6 cm³/mol. The topological polar surface area (TPSA) is 116 Å². The molecule has 11 heavy (non-hydrogen) atoms. The van der Waals surface area contributed by atoms with Crippen LogP contribution in [0.25, 0.3) is 0 Å². The molecule has 0 aromatic carbocycles. The summed E-state index contributed by atoms with van der Waals surface area (Å²) >= 11 is 0. The van der Waals surface area contributed by atoms with Crippen LogP contribution in [0, 0.1) is 4.91 Å². The number of nitrogens with zero attached hydrogens (tertiary/aromatic N) is 1. The smallest absolute Gasteiger partial charge is 0.328 e. The fraction of sp³-hybridized carbons (Fsp3) is 0.500. The van der Waals surface area contributed by atoms with Gasteiger partial charge in [-0.1, -0.05) is 0 Å². The Balaban J connectivity index is 3.99. The van der Waals surface area contributed by atoms with E-state index in [1.165, 1.54) is 0 Å². The Kier molecular flexibility index (Phi) is 3.57. The van der Waals surface area contributed by atoms with Gasteiger partial charge in [-0.3, -0.25) is 10.2 Å². The lowest BCUT2D eigenvalue weighted by atomic mass is 10.2. The van der Waals surface area contributed by atoms with Crippen LogP contribution in [-0.2, 0) is 9.59 Å². The maximum absolute atomic E-state index is 10.1. The summed E-state index contributed by atoms with van der Waals surface area (Å²) in [4.78, 5) is 29.5. The van der Waals surface area contributed by atoms with E-state index in [1.807, 2.05) is 0 Å². The SMILES string of the molecule is O=NN[C@@H](CC(=O)O)C(=O)O. The van der Waals surface area contributed by atoms with E-state index in [2.05, 4.69) is 5.29 Å². The Morgan fingerprint density at radius 2 is 2.00 bits per heavy atom. The average molecular weight is 162 g/mol. The van der Waals surface area contributed by atoms with Crippen LogP contribution in [-0.4, -0.2) is 28.2 Å². The monoisotopic (exact) mass is 162 g/mol. The van der Waals surface area contributed by atoms with E-state index < -0.39 is 24.4 Å². The number of hydrogen-bond donors (Lipinski definition) is 3. The minimum absolute atomic E-state index is 0.679. The molecule has 0 heterocycles. The zero-order chi connectivity index (χ0) is 8.85. The van der Waals surface area contributed by atoms with E-state index in [0.717, 1.165) is 0 Å². The van der Waals surface area contributed by atoms with Gasteiger partial charge in [0.1, 0.15) is 0 Å². The third kappa shape index (κ3) is 3.84. The summed E-state index contributed by atoms with van der Waals surface area (Å²) in [6, 6.07) is -1.45. The highest BCUT2D eigenvalue weighted by atomic mass is 16.4. The van der Waals surface area contributed by atoms with Crippen LogP contribution in [0.5, 0.6) is 0 Å². The first-order valence-electron chi connectivity index (χ1n) is 2.60. The van der Waals surface area contributed by atoms with Crippen molar-refractivity contribution in [2.75, 3.05) is 0 Å². The van der Waals surface area contributed by atoms with Crippen molar-refractivity contribution in [2.45, 2.75) is 12.5 Å². The highest BCUT2D eigenvalue weighted by Crippen LogP contribution is 1.91. The Hall–Kier alpha value is -1.66. The molecular weight excluding hydrogens is 156 g/mol. The van der Waals surface area contributed by atoms with Crippen molar-refractivity contribution in [2.24, 2.45) is 5.29 Å². The van der Waals surface area contributed by atoms with Gasteiger partial charge in [-0.15, -0.1) is 4.91 Å². The molecule has 0 aliphatic heterocycles. The normalized spacial score (nSPS) is 11.6.